The molecule has 1 aromatic carbocycles. The summed E-state index contributed by atoms with van der Waals surface area (Å²) in [5.41, 5.74) is 0.409. The van der Waals surface area contributed by atoms with Crippen molar-refractivity contribution in [3.05, 3.63) is 35.6 Å². The molecule has 1 amide bonds. The summed E-state index contributed by atoms with van der Waals surface area (Å²) in [5, 5.41) is 3.07. The molecule has 3 nitrogen and oxygen atoms in total. The molecular weight excluding hydrogens is 382 g/mol. The van der Waals surface area contributed by atoms with E-state index in [1.165, 1.54) is 12.1 Å². The van der Waals surface area contributed by atoms with Crippen LogP contribution in [-0.2, 0) is 10.2 Å². The minimum absolute atomic E-state index is 0.00452. The molecule has 0 radical (unpaired) electrons. The van der Waals surface area contributed by atoms with Crippen LogP contribution in [0.25, 0.3) is 0 Å². The third-order valence-electron chi connectivity index (χ3n) is 7.01. The molecule has 1 aromatic rings. The molecule has 0 bridgehead atoms. The standard InChI is InChI=1S/C25H38F2N2O/c1-24(2,3)13-16-29-15-10-19(22(27)18-29)9-14-28-23(30)25(11-4-5-12-25)20-7-6-8-21(26)17-20/h6-8,17,19,22H,4-5,9-16,18H2,1-3H3,(H,28,30)/t19-,22+/m1/s1. The topological polar surface area (TPSA) is 32.3 Å². The number of alkyl halides is 1. The van der Waals surface area contributed by atoms with Gasteiger partial charge in [0.15, 0.2) is 0 Å². The van der Waals surface area contributed by atoms with Gasteiger partial charge in [-0.3, -0.25) is 4.79 Å². The fraction of sp³-hybridized carbons (Fsp3) is 0.720. The quantitative estimate of drug-likeness (QED) is 0.654. The van der Waals surface area contributed by atoms with E-state index in [-0.39, 0.29) is 23.1 Å². The van der Waals surface area contributed by atoms with Crippen LogP contribution in [0.15, 0.2) is 24.3 Å². The summed E-state index contributed by atoms with van der Waals surface area (Å²) < 4.78 is 28.5. The number of nitrogens with zero attached hydrogens (tertiary/aromatic N) is 1. The Morgan fingerprint density at radius 1 is 1.27 bits per heavy atom. The van der Waals surface area contributed by atoms with Gasteiger partial charge in [0.05, 0.1) is 5.41 Å². The van der Waals surface area contributed by atoms with Crippen molar-refractivity contribution >= 4 is 5.91 Å². The Morgan fingerprint density at radius 3 is 2.63 bits per heavy atom. The summed E-state index contributed by atoms with van der Waals surface area (Å²) in [6.07, 6.45) is 5.20. The lowest BCUT2D eigenvalue weighted by Crippen LogP contribution is -2.46. The summed E-state index contributed by atoms with van der Waals surface area (Å²) in [5.74, 6) is -0.321. The van der Waals surface area contributed by atoms with Crippen molar-refractivity contribution < 1.29 is 13.6 Å². The number of carbonyl (C=O) groups is 1. The average molecular weight is 421 g/mol. The number of likely N-dealkylation sites (tertiary alicyclic amines) is 1. The van der Waals surface area contributed by atoms with E-state index in [2.05, 4.69) is 31.0 Å². The van der Waals surface area contributed by atoms with Gasteiger partial charge in [-0.25, -0.2) is 8.78 Å². The normalized spacial score (nSPS) is 24.7. The molecule has 1 aliphatic heterocycles. The fourth-order valence-corrected chi connectivity index (χ4v) is 4.99. The Balaban J connectivity index is 1.49. The number of rotatable bonds is 7. The first-order valence-electron chi connectivity index (χ1n) is 11.6. The van der Waals surface area contributed by atoms with E-state index in [0.29, 0.717) is 19.5 Å². The number of carbonyl (C=O) groups excluding carboxylic acids is 1. The van der Waals surface area contributed by atoms with Gasteiger partial charge in [-0.15, -0.1) is 0 Å². The van der Waals surface area contributed by atoms with Crippen LogP contribution in [0.3, 0.4) is 0 Å². The number of hydrogen-bond acceptors (Lipinski definition) is 2. The first-order valence-corrected chi connectivity index (χ1v) is 11.6. The van der Waals surface area contributed by atoms with Crippen LogP contribution in [0.5, 0.6) is 0 Å². The zero-order valence-electron chi connectivity index (χ0n) is 18.9. The molecule has 5 heteroatoms. The lowest BCUT2D eigenvalue weighted by atomic mass is 9.78. The monoisotopic (exact) mass is 420 g/mol. The predicted octanol–water partition coefficient (Wildman–Crippen LogP) is 5.24. The molecule has 3 rings (SSSR count). The van der Waals surface area contributed by atoms with Crippen LogP contribution in [0.2, 0.25) is 0 Å². The maximum absolute atomic E-state index is 14.7. The van der Waals surface area contributed by atoms with Crippen molar-refractivity contribution in [2.75, 3.05) is 26.2 Å². The minimum Gasteiger partial charge on any atom is -0.355 e. The molecule has 0 unspecified atom stereocenters. The first-order chi connectivity index (χ1) is 14.2. The molecule has 2 atom stereocenters. The Kier molecular flexibility index (Phi) is 7.54. The summed E-state index contributed by atoms with van der Waals surface area (Å²) in [7, 11) is 0. The van der Waals surface area contributed by atoms with Gasteiger partial charge >= 0.3 is 0 Å². The second-order valence-electron chi connectivity index (χ2n) is 10.5. The van der Waals surface area contributed by atoms with Gasteiger partial charge in [0.25, 0.3) is 0 Å². The zero-order valence-corrected chi connectivity index (χ0v) is 18.9. The van der Waals surface area contributed by atoms with Crippen molar-refractivity contribution in [1.29, 1.82) is 0 Å². The van der Waals surface area contributed by atoms with Gasteiger partial charge in [-0.1, -0.05) is 45.7 Å². The van der Waals surface area contributed by atoms with Crippen molar-refractivity contribution in [3.8, 4) is 0 Å². The Bertz CT molecular complexity index is 709. The SMILES string of the molecule is CC(C)(C)CCN1CC[C@@H](CCNC(=O)C2(c3cccc(F)c3)CCCC2)[C@@H](F)C1. The first kappa shape index (κ1) is 23.2. The largest absolute Gasteiger partial charge is 0.355 e. The second-order valence-corrected chi connectivity index (χ2v) is 10.5. The van der Waals surface area contributed by atoms with E-state index in [1.807, 2.05) is 6.07 Å². The molecule has 30 heavy (non-hydrogen) atoms. The fourth-order valence-electron chi connectivity index (χ4n) is 4.99. The molecule has 2 fully saturated rings. The van der Waals surface area contributed by atoms with Crippen LogP contribution in [0.1, 0.15) is 71.3 Å². The number of halogens is 2. The predicted molar refractivity (Wildman–Crippen MR) is 118 cm³/mol. The number of amides is 1. The molecule has 1 aliphatic carbocycles. The van der Waals surface area contributed by atoms with Crippen molar-refractivity contribution in [2.24, 2.45) is 11.3 Å². The van der Waals surface area contributed by atoms with E-state index in [4.69, 9.17) is 0 Å². The van der Waals surface area contributed by atoms with Crippen LogP contribution < -0.4 is 5.32 Å². The highest BCUT2D eigenvalue weighted by atomic mass is 19.1. The van der Waals surface area contributed by atoms with Crippen LogP contribution in [-0.4, -0.2) is 43.2 Å². The third-order valence-corrected chi connectivity index (χ3v) is 7.01. The lowest BCUT2D eigenvalue weighted by Gasteiger charge is -2.36. The minimum atomic E-state index is -0.834. The van der Waals surface area contributed by atoms with Gasteiger partial charge in [-0.05, 0) is 74.2 Å². The maximum Gasteiger partial charge on any atom is 0.230 e. The molecule has 1 heterocycles. The highest BCUT2D eigenvalue weighted by molar-refractivity contribution is 5.88. The molecule has 1 N–H and O–H groups in total. The van der Waals surface area contributed by atoms with Crippen LogP contribution in [0, 0.1) is 17.2 Å². The summed E-state index contributed by atoms with van der Waals surface area (Å²) >= 11 is 0. The summed E-state index contributed by atoms with van der Waals surface area (Å²) in [6.45, 7) is 9.53. The number of nitrogens with one attached hydrogen (secondary N) is 1. The van der Waals surface area contributed by atoms with E-state index < -0.39 is 11.6 Å². The molecule has 0 aromatic heterocycles. The van der Waals surface area contributed by atoms with Gasteiger partial charge in [0.2, 0.25) is 5.91 Å². The lowest BCUT2D eigenvalue weighted by molar-refractivity contribution is -0.126. The molecule has 1 saturated heterocycles. The number of hydrogen-bond donors (Lipinski definition) is 1. The summed E-state index contributed by atoms with van der Waals surface area (Å²) in [6, 6.07) is 6.45. The van der Waals surface area contributed by atoms with Gasteiger partial charge in [0.1, 0.15) is 12.0 Å². The molecule has 0 spiro atoms. The highest BCUT2D eigenvalue weighted by Gasteiger charge is 2.42. The van der Waals surface area contributed by atoms with Crippen molar-refractivity contribution in [3.63, 3.8) is 0 Å². The van der Waals surface area contributed by atoms with E-state index >= 15 is 0 Å². The Labute approximate surface area is 180 Å². The Morgan fingerprint density at radius 2 is 2.00 bits per heavy atom. The number of benzene rings is 1. The average Bonchev–Trinajstić information content (AvgIpc) is 3.18. The zero-order chi connectivity index (χ0) is 21.8. The maximum atomic E-state index is 14.7. The highest BCUT2D eigenvalue weighted by Crippen LogP contribution is 2.41. The van der Waals surface area contributed by atoms with E-state index in [1.54, 1.807) is 6.07 Å². The van der Waals surface area contributed by atoms with E-state index in [0.717, 1.165) is 57.2 Å². The number of piperidine rings is 1. The van der Waals surface area contributed by atoms with Crippen LogP contribution in [0.4, 0.5) is 8.78 Å². The molecule has 1 saturated carbocycles. The molecule has 168 valence electrons. The van der Waals surface area contributed by atoms with E-state index in [9.17, 15) is 13.6 Å². The van der Waals surface area contributed by atoms with Crippen molar-refractivity contribution in [1.82, 2.24) is 10.2 Å². The smallest absolute Gasteiger partial charge is 0.230 e. The molecule has 2 aliphatic rings. The summed E-state index contributed by atoms with van der Waals surface area (Å²) in [4.78, 5) is 15.3. The third kappa shape index (κ3) is 5.81. The van der Waals surface area contributed by atoms with Crippen molar-refractivity contribution in [2.45, 2.75) is 77.3 Å². The molecular formula is C25H38F2N2O. The van der Waals surface area contributed by atoms with Gasteiger partial charge < -0.3 is 10.2 Å². The van der Waals surface area contributed by atoms with Gasteiger partial charge in [-0.2, -0.15) is 0 Å². The Hall–Kier alpha value is -1.49. The second kappa shape index (κ2) is 9.76. The van der Waals surface area contributed by atoms with Crippen LogP contribution >= 0.6 is 0 Å². The van der Waals surface area contributed by atoms with Gasteiger partial charge in [0, 0.05) is 13.1 Å².